The van der Waals surface area contributed by atoms with Gasteiger partial charge in [0, 0.05) is 38.6 Å². The average Bonchev–Trinajstić information content (AvgIpc) is 3.10. The second kappa shape index (κ2) is 7.02. The number of pyridine rings is 1. The number of aliphatic hydroxyl groups is 1. The number of β-amino-alcohol motifs (C(OH)–C–C–N with tert-alkyl or cyclic N) is 1. The second-order valence-corrected chi connectivity index (χ2v) is 8.31. The number of aliphatic hydroxyl groups excluding tert-OH is 1. The Balaban J connectivity index is 1.40. The van der Waals surface area contributed by atoms with E-state index in [1.54, 1.807) is 18.5 Å². The van der Waals surface area contributed by atoms with Crippen molar-refractivity contribution in [3.8, 4) is 0 Å². The van der Waals surface area contributed by atoms with Crippen LogP contribution < -0.4 is 0 Å². The predicted molar refractivity (Wildman–Crippen MR) is 105 cm³/mol. The molecule has 0 radical (unpaired) electrons. The summed E-state index contributed by atoms with van der Waals surface area (Å²) >= 11 is 0. The zero-order valence-corrected chi connectivity index (χ0v) is 16.1. The number of likely N-dealkylation sites (tertiary alicyclic amines) is 1. The van der Waals surface area contributed by atoms with Crippen molar-refractivity contribution in [1.29, 1.82) is 0 Å². The largest absolute Gasteiger partial charge is 0.392 e. The van der Waals surface area contributed by atoms with Gasteiger partial charge in [0.25, 0.3) is 5.91 Å². The van der Waals surface area contributed by atoms with Crippen molar-refractivity contribution in [3.63, 3.8) is 0 Å². The first-order valence-corrected chi connectivity index (χ1v) is 10.0. The van der Waals surface area contributed by atoms with Crippen molar-refractivity contribution in [3.05, 3.63) is 66.0 Å². The van der Waals surface area contributed by atoms with Crippen LogP contribution in [-0.2, 0) is 22.7 Å². The fourth-order valence-corrected chi connectivity index (χ4v) is 4.96. The molecule has 2 amide bonds. The summed E-state index contributed by atoms with van der Waals surface area (Å²) in [5, 5.41) is 10.2. The van der Waals surface area contributed by atoms with E-state index in [9.17, 15) is 14.7 Å². The molecule has 3 aliphatic heterocycles. The van der Waals surface area contributed by atoms with Crippen molar-refractivity contribution in [2.45, 2.75) is 37.2 Å². The van der Waals surface area contributed by atoms with Gasteiger partial charge in [-0.15, -0.1) is 0 Å². The van der Waals surface area contributed by atoms with Crippen LogP contribution in [0.25, 0.3) is 0 Å². The third-order valence-corrected chi connectivity index (χ3v) is 6.31. The van der Waals surface area contributed by atoms with Gasteiger partial charge in [-0.05, 0) is 23.6 Å². The van der Waals surface area contributed by atoms with Gasteiger partial charge >= 0.3 is 0 Å². The van der Waals surface area contributed by atoms with Crippen molar-refractivity contribution in [2.24, 2.45) is 0 Å². The van der Waals surface area contributed by atoms with Crippen LogP contribution in [0, 0.1) is 0 Å². The summed E-state index contributed by atoms with van der Waals surface area (Å²) < 4.78 is 0. The number of carbonyl (C=O) groups excluding carboxylic acids is 2. The van der Waals surface area contributed by atoms with Gasteiger partial charge in [0.1, 0.15) is 5.54 Å². The van der Waals surface area contributed by atoms with Gasteiger partial charge in [-0.25, -0.2) is 0 Å². The third kappa shape index (κ3) is 3.06. The molecule has 7 heteroatoms. The van der Waals surface area contributed by atoms with E-state index >= 15 is 0 Å². The lowest BCUT2D eigenvalue weighted by molar-refractivity contribution is -0.181. The zero-order valence-electron chi connectivity index (χ0n) is 16.1. The molecule has 2 aromatic rings. The standard InChI is InChI=1S/C22H24N4O3/c27-18-9-19-20(28)25(12-17-7-4-8-23-10-17)21(29)22(26(19)13-18)14-24(15-22)11-16-5-2-1-3-6-16/h1-8,10,18-19,27H,9,11-15H2. The van der Waals surface area contributed by atoms with Gasteiger partial charge in [-0.2, -0.15) is 0 Å². The normalized spacial score (nSPS) is 26.6. The van der Waals surface area contributed by atoms with Gasteiger partial charge in [0.15, 0.2) is 0 Å². The summed E-state index contributed by atoms with van der Waals surface area (Å²) in [6, 6.07) is 13.4. The Kier molecular flexibility index (Phi) is 4.46. The smallest absolute Gasteiger partial charge is 0.252 e. The van der Waals surface area contributed by atoms with Crippen molar-refractivity contribution in [1.82, 2.24) is 19.7 Å². The van der Waals surface area contributed by atoms with Crippen LogP contribution >= 0.6 is 0 Å². The number of nitrogens with zero attached hydrogens (tertiary/aromatic N) is 4. The molecule has 2 unspecified atom stereocenters. The molecule has 0 saturated carbocycles. The Morgan fingerprint density at radius 2 is 1.79 bits per heavy atom. The Morgan fingerprint density at radius 3 is 2.52 bits per heavy atom. The maximum absolute atomic E-state index is 13.5. The number of hydrogen-bond acceptors (Lipinski definition) is 6. The molecule has 3 saturated heterocycles. The van der Waals surface area contributed by atoms with E-state index in [-0.39, 0.29) is 18.4 Å². The first kappa shape index (κ1) is 18.4. The summed E-state index contributed by atoms with van der Waals surface area (Å²) in [5.74, 6) is -0.358. The van der Waals surface area contributed by atoms with Gasteiger partial charge in [0.05, 0.1) is 18.7 Å². The second-order valence-electron chi connectivity index (χ2n) is 8.31. The summed E-state index contributed by atoms with van der Waals surface area (Å²) in [6.45, 7) is 2.52. The summed E-state index contributed by atoms with van der Waals surface area (Å²) in [5.41, 5.74) is 1.30. The number of benzene rings is 1. The number of fused-ring (bicyclic) bond motifs is 2. The van der Waals surface area contributed by atoms with E-state index in [1.165, 1.54) is 10.5 Å². The maximum atomic E-state index is 13.5. The van der Waals surface area contributed by atoms with E-state index in [2.05, 4.69) is 22.0 Å². The molecular weight excluding hydrogens is 368 g/mol. The van der Waals surface area contributed by atoms with Crippen LogP contribution in [0.2, 0.25) is 0 Å². The molecule has 0 bridgehead atoms. The highest BCUT2D eigenvalue weighted by Crippen LogP contribution is 2.41. The number of imide groups is 1. The molecule has 1 spiro atoms. The Labute approximate surface area is 169 Å². The predicted octanol–water partition coefficient (Wildman–Crippen LogP) is 0.640. The summed E-state index contributed by atoms with van der Waals surface area (Å²) in [7, 11) is 0. The highest BCUT2D eigenvalue weighted by molar-refractivity contribution is 6.06. The minimum atomic E-state index is -0.729. The molecule has 3 aliphatic rings. The molecule has 1 aromatic carbocycles. The number of carbonyl (C=O) groups is 2. The third-order valence-electron chi connectivity index (χ3n) is 6.31. The maximum Gasteiger partial charge on any atom is 0.252 e. The van der Waals surface area contributed by atoms with Crippen LogP contribution in [0.3, 0.4) is 0 Å². The quantitative estimate of drug-likeness (QED) is 0.770. The minimum Gasteiger partial charge on any atom is -0.392 e. The number of hydrogen-bond donors (Lipinski definition) is 1. The van der Waals surface area contributed by atoms with Crippen LogP contribution in [0.5, 0.6) is 0 Å². The molecule has 2 atom stereocenters. The van der Waals surface area contributed by atoms with Gasteiger partial charge in [-0.3, -0.25) is 29.3 Å². The van der Waals surface area contributed by atoms with Crippen molar-refractivity contribution in [2.75, 3.05) is 19.6 Å². The van der Waals surface area contributed by atoms with Crippen LogP contribution in [0.4, 0.5) is 0 Å². The zero-order chi connectivity index (χ0) is 20.0. The minimum absolute atomic E-state index is 0.152. The molecule has 0 aliphatic carbocycles. The van der Waals surface area contributed by atoms with Gasteiger partial charge in [0.2, 0.25) is 5.91 Å². The fraction of sp³-hybridized carbons (Fsp3) is 0.409. The Bertz CT molecular complexity index is 914. The highest BCUT2D eigenvalue weighted by Gasteiger charge is 2.64. The molecule has 7 nitrogen and oxygen atoms in total. The lowest BCUT2D eigenvalue weighted by Gasteiger charge is -2.58. The fourth-order valence-electron chi connectivity index (χ4n) is 4.96. The molecular formula is C22H24N4O3. The lowest BCUT2D eigenvalue weighted by Crippen LogP contribution is -2.81. The molecule has 1 N–H and O–H groups in total. The number of amides is 2. The highest BCUT2D eigenvalue weighted by atomic mass is 16.3. The van der Waals surface area contributed by atoms with Crippen molar-refractivity contribution >= 4 is 11.8 Å². The number of rotatable bonds is 4. The van der Waals surface area contributed by atoms with Gasteiger partial charge < -0.3 is 5.11 Å². The molecule has 5 rings (SSSR count). The number of piperazine rings is 1. The van der Waals surface area contributed by atoms with E-state index in [4.69, 9.17) is 0 Å². The van der Waals surface area contributed by atoms with E-state index in [0.29, 0.717) is 26.1 Å². The lowest BCUT2D eigenvalue weighted by atomic mass is 9.82. The Morgan fingerprint density at radius 1 is 1.03 bits per heavy atom. The van der Waals surface area contributed by atoms with Gasteiger partial charge in [-0.1, -0.05) is 36.4 Å². The van der Waals surface area contributed by atoms with E-state index < -0.39 is 17.7 Å². The molecule has 3 fully saturated rings. The van der Waals surface area contributed by atoms with Crippen LogP contribution in [0.15, 0.2) is 54.9 Å². The van der Waals surface area contributed by atoms with Crippen LogP contribution in [0.1, 0.15) is 17.5 Å². The van der Waals surface area contributed by atoms with Crippen LogP contribution in [-0.4, -0.2) is 73.9 Å². The topological polar surface area (TPSA) is 77.0 Å². The molecule has 29 heavy (non-hydrogen) atoms. The molecule has 150 valence electrons. The monoisotopic (exact) mass is 392 g/mol. The molecule has 4 heterocycles. The van der Waals surface area contributed by atoms with E-state index in [1.807, 2.05) is 29.2 Å². The SMILES string of the molecule is O=C1C2CC(O)CN2C2(CN(Cc3ccccc3)C2)C(=O)N1Cc1cccnc1. The Hall–Kier alpha value is -2.61. The van der Waals surface area contributed by atoms with E-state index in [0.717, 1.165) is 12.1 Å². The first-order chi connectivity index (χ1) is 14.1. The average molecular weight is 392 g/mol. The summed E-state index contributed by atoms with van der Waals surface area (Å²) in [4.78, 5) is 36.3. The van der Waals surface area contributed by atoms with Crippen molar-refractivity contribution < 1.29 is 14.7 Å². The summed E-state index contributed by atoms with van der Waals surface area (Å²) in [6.07, 6.45) is 3.17. The number of aromatic nitrogens is 1. The molecule has 1 aromatic heterocycles. The first-order valence-electron chi connectivity index (χ1n) is 10.0.